The number of allylic oxidation sites excluding steroid dienone is 1. The van der Waals surface area contributed by atoms with Crippen molar-refractivity contribution in [1.82, 2.24) is 20.2 Å². The van der Waals surface area contributed by atoms with Crippen LogP contribution in [0.5, 0.6) is 0 Å². The molecule has 1 atom stereocenters. The second-order valence-electron chi connectivity index (χ2n) is 8.21. The summed E-state index contributed by atoms with van der Waals surface area (Å²) in [6.45, 7) is 4.11. The van der Waals surface area contributed by atoms with Gasteiger partial charge in [0, 0.05) is 5.69 Å². The first-order valence-corrected chi connectivity index (χ1v) is 10.8. The number of hydrogen-bond acceptors (Lipinski definition) is 5. The van der Waals surface area contributed by atoms with Crippen molar-refractivity contribution in [2.24, 2.45) is 0 Å². The standard InChI is InChI=1S/C26H24N6O/c1-18-13-19(2)15-22(14-18)27-25(33)17-31-23(20-9-5-3-6-10-20)16-24(21-11-7-4-8-12-21)32-26(31)28-29-30-32/h3-16,24H,17H2,1-2H3,(H,27,33). The van der Waals surface area contributed by atoms with Crippen LogP contribution in [0.4, 0.5) is 11.6 Å². The Morgan fingerprint density at radius 3 is 2.30 bits per heavy atom. The molecule has 0 saturated heterocycles. The summed E-state index contributed by atoms with van der Waals surface area (Å²) in [6, 6.07) is 25.9. The molecule has 164 valence electrons. The molecule has 0 saturated carbocycles. The molecule has 2 heterocycles. The largest absolute Gasteiger partial charge is 0.325 e. The number of rotatable bonds is 5. The highest BCUT2D eigenvalue weighted by Crippen LogP contribution is 2.36. The fraction of sp³-hybridized carbons (Fsp3) is 0.154. The summed E-state index contributed by atoms with van der Waals surface area (Å²) < 4.78 is 1.76. The maximum atomic E-state index is 13.1. The van der Waals surface area contributed by atoms with Crippen LogP contribution in [0.15, 0.2) is 84.9 Å². The normalized spacial score (nSPS) is 15.0. The molecule has 1 amide bonds. The fourth-order valence-electron chi connectivity index (χ4n) is 4.26. The molecule has 1 aliphatic rings. The van der Waals surface area contributed by atoms with Crippen LogP contribution in [0, 0.1) is 13.8 Å². The molecule has 7 heteroatoms. The van der Waals surface area contributed by atoms with Gasteiger partial charge in [-0.25, -0.2) is 0 Å². The number of amides is 1. The molecule has 0 bridgehead atoms. The van der Waals surface area contributed by atoms with Crippen molar-refractivity contribution in [2.45, 2.75) is 19.9 Å². The van der Waals surface area contributed by atoms with Gasteiger partial charge in [0.15, 0.2) is 0 Å². The van der Waals surface area contributed by atoms with E-state index in [1.807, 2.05) is 79.4 Å². The van der Waals surface area contributed by atoms with Gasteiger partial charge in [-0.3, -0.25) is 9.69 Å². The first-order chi connectivity index (χ1) is 16.1. The lowest BCUT2D eigenvalue weighted by molar-refractivity contribution is -0.114. The summed E-state index contributed by atoms with van der Waals surface area (Å²) in [5, 5.41) is 15.5. The van der Waals surface area contributed by atoms with E-state index in [2.05, 4.69) is 45.1 Å². The van der Waals surface area contributed by atoms with E-state index in [0.717, 1.165) is 33.6 Å². The SMILES string of the molecule is Cc1cc(C)cc(NC(=O)CN2C(c3ccccc3)=CC(c3ccccc3)n3nnnc32)c1. The molecule has 1 aliphatic heterocycles. The molecule has 33 heavy (non-hydrogen) atoms. The van der Waals surface area contributed by atoms with E-state index in [0.29, 0.717) is 5.95 Å². The molecule has 7 nitrogen and oxygen atoms in total. The Morgan fingerprint density at radius 2 is 1.61 bits per heavy atom. The second-order valence-corrected chi connectivity index (χ2v) is 8.21. The van der Waals surface area contributed by atoms with E-state index >= 15 is 0 Å². The van der Waals surface area contributed by atoms with Crippen LogP contribution in [0.1, 0.15) is 28.3 Å². The van der Waals surface area contributed by atoms with Gasteiger partial charge in [0.1, 0.15) is 12.6 Å². The third-order valence-electron chi connectivity index (χ3n) is 5.60. The lowest BCUT2D eigenvalue weighted by Crippen LogP contribution is -2.37. The fourth-order valence-corrected chi connectivity index (χ4v) is 4.26. The summed E-state index contributed by atoms with van der Waals surface area (Å²) in [5.41, 5.74) is 5.93. The van der Waals surface area contributed by atoms with Gasteiger partial charge in [-0.15, -0.1) is 0 Å². The lowest BCUT2D eigenvalue weighted by atomic mass is 10.0. The summed E-state index contributed by atoms with van der Waals surface area (Å²) in [6.07, 6.45) is 2.11. The predicted octanol–water partition coefficient (Wildman–Crippen LogP) is 4.38. The number of fused-ring (bicyclic) bond motifs is 1. The molecule has 1 N–H and O–H groups in total. The van der Waals surface area contributed by atoms with E-state index < -0.39 is 0 Å². The molecular formula is C26H24N6O. The Kier molecular flexibility index (Phi) is 5.44. The summed E-state index contributed by atoms with van der Waals surface area (Å²) in [5.74, 6) is 0.385. The second kappa shape index (κ2) is 8.70. The molecular weight excluding hydrogens is 412 g/mol. The number of nitrogens with one attached hydrogen (secondary N) is 1. The van der Waals surface area contributed by atoms with Crippen molar-refractivity contribution in [3.63, 3.8) is 0 Å². The van der Waals surface area contributed by atoms with Crippen LogP contribution in [-0.2, 0) is 4.79 Å². The number of nitrogens with zero attached hydrogens (tertiary/aromatic N) is 5. The minimum absolute atomic E-state index is 0.0790. The van der Waals surface area contributed by atoms with Gasteiger partial charge in [-0.2, -0.15) is 4.68 Å². The zero-order chi connectivity index (χ0) is 22.8. The van der Waals surface area contributed by atoms with Crippen LogP contribution in [0.2, 0.25) is 0 Å². The highest BCUT2D eigenvalue weighted by atomic mass is 16.2. The minimum atomic E-state index is -0.176. The molecule has 1 unspecified atom stereocenters. The highest BCUT2D eigenvalue weighted by Gasteiger charge is 2.31. The van der Waals surface area contributed by atoms with E-state index in [9.17, 15) is 4.79 Å². The molecule has 4 aromatic rings. The molecule has 0 radical (unpaired) electrons. The predicted molar refractivity (Wildman–Crippen MR) is 129 cm³/mol. The molecule has 0 aliphatic carbocycles. The third-order valence-corrected chi connectivity index (χ3v) is 5.60. The summed E-state index contributed by atoms with van der Waals surface area (Å²) in [7, 11) is 0. The summed E-state index contributed by atoms with van der Waals surface area (Å²) in [4.78, 5) is 15.0. The Labute approximate surface area is 192 Å². The number of carbonyl (C=O) groups is 1. The Morgan fingerprint density at radius 1 is 0.939 bits per heavy atom. The number of carbonyl (C=O) groups excluding carboxylic acids is 1. The Bertz CT molecular complexity index is 1290. The average Bonchev–Trinajstić information content (AvgIpc) is 3.30. The van der Waals surface area contributed by atoms with Crippen molar-refractivity contribution in [3.8, 4) is 0 Å². The topological polar surface area (TPSA) is 75.9 Å². The van der Waals surface area contributed by atoms with Crippen LogP contribution < -0.4 is 10.2 Å². The number of hydrogen-bond donors (Lipinski definition) is 1. The number of aromatic nitrogens is 4. The molecule has 0 fully saturated rings. The van der Waals surface area contributed by atoms with Crippen LogP contribution in [0.25, 0.3) is 5.70 Å². The van der Waals surface area contributed by atoms with Crippen LogP contribution in [0.3, 0.4) is 0 Å². The van der Waals surface area contributed by atoms with E-state index in [1.165, 1.54) is 0 Å². The monoisotopic (exact) mass is 436 g/mol. The molecule has 3 aromatic carbocycles. The number of benzene rings is 3. The van der Waals surface area contributed by atoms with Crippen molar-refractivity contribution in [3.05, 3.63) is 107 Å². The van der Waals surface area contributed by atoms with Gasteiger partial charge >= 0.3 is 0 Å². The maximum absolute atomic E-state index is 13.1. The van der Waals surface area contributed by atoms with Crippen molar-refractivity contribution < 1.29 is 4.79 Å². The van der Waals surface area contributed by atoms with Crippen molar-refractivity contribution >= 4 is 23.2 Å². The quantitative estimate of drug-likeness (QED) is 0.503. The first kappa shape index (κ1) is 20.6. The van der Waals surface area contributed by atoms with Crippen LogP contribution >= 0.6 is 0 Å². The zero-order valence-electron chi connectivity index (χ0n) is 18.5. The van der Waals surface area contributed by atoms with E-state index in [1.54, 1.807) is 4.68 Å². The Balaban J connectivity index is 1.52. The number of anilines is 2. The van der Waals surface area contributed by atoms with Gasteiger partial charge in [0.05, 0.1) is 5.70 Å². The smallest absolute Gasteiger partial charge is 0.251 e. The van der Waals surface area contributed by atoms with E-state index in [-0.39, 0.29) is 18.5 Å². The third kappa shape index (κ3) is 4.25. The van der Waals surface area contributed by atoms with Gasteiger partial charge in [-0.05, 0) is 64.7 Å². The highest BCUT2D eigenvalue weighted by molar-refractivity contribution is 5.97. The Hall–Kier alpha value is -4.26. The van der Waals surface area contributed by atoms with Crippen LogP contribution in [-0.4, -0.2) is 32.7 Å². The molecule has 1 aromatic heterocycles. The van der Waals surface area contributed by atoms with Crippen molar-refractivity contribution in [1.29, 1.82) is 0 Å². The van der Waals surface area contributed by atoms with Gasteiger partial charge in [0.25, 0.3) is 5.95 Å². The minimum Gasteiger partial charge on any atom is -0.325 e. The van der Waals surface area contributed by atoms with Gasteiger partial charge < -0.3 is 5.32 Å². The van der Waals surface area contributed by atoms with Gasteiger partial charge in [-0.1, -0.05) is 71.8 Å². The number of aryl methyl sites for hydroxylation is 2. The zero-order valence-corrected chi connectivity index (χ0v) is 18.5. The molecule has 5 rings (SSSR count). The average molecular weight is 437 g/mol. The maximum Gasteiger partial charge on any atom is 0.251 e. The summed E-state index contributed by atoms with van der Waals surface area (Å²) >= 11 is 0. The molecule has 0 spiro atoms. The number of tetrazole rings is 1. The first-order valence-electron chi connectivity index (χ1n) is 10.8. The van der Waals surface area contributed by atoms with Gasteiger partial charge in [0.2, 0.25) is 5.91 Å². The lowest BCUT2D eigenvalue weighted by Gasteiger charge is -2.32. The van der Waals surface area contributed by atoms with E-state index in [4.69, 9.17) is 0 Å². The van der Waals surface area contributed by atoms with Crippen molar-refractivity contribution in [2.75, 3.05) is 16.8 Å².